The van der Waals surface area contributed by atoms with Gasteiger partial charge in [0.05, 0.1) is 13.2 Å². The third-order valence-corrected chi connectivity index (χ3v) is 4.50. The van der Waals surface area contributed by atoms with Gasteiger partial charge in [0.2, 0.25) is 5.91 Å². The highest BCUT2D eigenvalue weighted by Gasteiger charge is 2.29. The van der Waals surface area contributed by atoms with Gasteiger partial charge in [-0.1, -0.05) is 0 Å². The Morgan fingerprint density at radius 1 is 1.33 bits per heavy atom. The van der Waals surface area contributed by atoms with Crippen molar-refractivity contribution in [3.8, 4) is 0 Å². The van der Waals surface area contributed by atoms with Gasteiger partial charge in [-0.3, -0.25) is 9.69 Å². The lowest BCUT2D eigenvalue weighted by Gasteiger charge is -2.26. The summed E-state index contributed by atoms with van der Waals surface area (Å²) in [5.41, 5.74) is 0. The first-order valence-electron chi connectivity index (χ1n) is 7.39. The van der Waals surface area contributed by atoms with Gasteiger partial charge in [-0.25, -0.2) is 0 Å². The maximum Gasteiger partial charge on any atom is 0.228 e. The molecule has 3 rings (SSSR count). The topological polar surface area (TPSA) is 67.4 Å². The number of anilines is 1. The Balaban J connectivity index is 1.40. The molecule has 1 aromatic heterocycles. The molecule has 21 heavy (non-hydrogen) atoms. The zero-order valence-electron chi connectivity index (χ0n) is 12.0. The van der Waals surface area contributed by atoms with Crippen LogP contribution >= 0.6 is 11.8 Å². The normalized spacial score (nSPS) is 19.4. The maximum atomic E-state index is 11.6. The monoisotopic (exact) mass is 308 g/mol. The molecule has 1 saturated heterocycles. The van der Waals surface area contributed by atoms with Crippen LogP contribution in [0.5, 0.6) is 0 Å². The van der Waals surface area contributed by atoms with E-state index in [4.69, 9.17) is 4.74 Å². The fourth-order valence-corrected chi connectivity index (χ4v) is 2.96. The van der Waals surface area contributed by atoms with Crippen LogP contribution in [0.1, 0.15) is 12.8 Å². The van der Waals surface area contributed by atoms with Crippen molar-refractivity contribution in [1.82, 2.24) is 15.1 Å². The molecular weight excluding hydrogens is 288 g/mol. The van der Waals surface area contributed by atoms with Crippen molar-refractivity contribution in [3.05, 3.63) is 12.1 Å². The maximum absolute atomic E-state index is 11.6. The van der Waals surface area contributed by atoms with Crippen molar-refractivity contribution < 1.29 is 9.53 Å². The molecule has 0 unspecified atom stereocenters. The number of hydrogen-bond acceptors (Lipinski definition) is 6. The standard InChI is InChI=1S/C14H20N4O2S/c19-14(11-1-2-11)15-12-3-4-13(17-16-12)21-10-7-18-5-8-20-9-6-18/h3-4,11H,1-2,5-10H2,(H,15,16,19). The Labute approximate surface area is 128 Å². The molecule has 114 valence electrons. The molecule has 0 aromatic carbocycles. The average molecular weight is 308 g/mol. The van der Waals surface area contributed by atoms with Crippen LogP contribution in [0.4, 0.5) is 5.82 Å². The van der Waals surface area contributed by atoms with Crippen molar-refractivity contribution in [3.63, 3.8) is 0 Å². The highest BCUT2D eigenvalue weighted by atomic mass is 32.2. The van der Waals surface area contributed by atoms with Gasteiger partial charge in [-0.15, -0.1) is 22.0 Å². The third-order valence-electron chi connectivity index (χ3n) is 3.60. The van der Waals surface area contributed by atoms with Gasteiger partial charge in [0.1, 0.15) is 5.03 Å². The van der Waals surface area contributed by atoms with E-state index in [2.05, 4.69) is 20.4 Å². The molecule has 6 nitrogen and oxygen atoms in total. The van der Waals surface area contributed by atoms with Crippen LogP contribution in [0.15, 0.2) is 17.2 Å². The van der Waals surface area contributed by atoms with Crippen molar-refractivity contribution >= 4 is 23.5 Å². The highest BCUT2D eigenvalue weighted by Crippen LogP contribution is 2.29. The van der Waals surface area contributed by atoms with Crippen LogP contribution in [0.25, 0.3) is 0 Å². The first-order chi connectivity index (χ1) is 10.3. The van der Waals surface area contributed by atoms with E-state index in [0.29, 0.717) is 5.82 Å². The zero-order chi connectivity index (χ0) is 14.5. The van der Waals surface area contributed by atoms with E-state index in [1.807, 2.05) is 12.1 Å². The van der Waals surface area contributed by atoms with E-state index in [9.17, 15) is 4.79 Å². The zero-order valence-corrected chi connectivity index (χ0v) is 12.8. The van der Waals surface area contributed by atoms with Crippen LogP contribution in [-0.2, 0) is 9.53 Å². The molecule has 0 bridgehead atoms. The van der Waals surface area contributed by atoms with Gasteiger partial charge < -0.3 is 10.1 Å². The average Bonchev–Trinajstić information content (AvgIpc) is 3.35. The Bertz CT molecular complexity index is 472. The van der Waals surface area contributed by atoms with Gasteiger partial charge >= 0.3 is 0 Å². The summed E-state index contributed by atoms with van der Waals surface area (Å²) in [5, 5.41) is 11.9. The number of aromatic nitrogens is 2. The quantitative estimate of drug-likeness (QED) is 0.798. The smallest absolute Gasteiger partial charge is 0.228 e. The van der Waals surface area contributed by atoms with Crippen LogP contribution in [0, 0.1) is 5.92 Å². The van der Waals surface area contributed by atoms with Gasteiger partial charge in [0.15, 0.2) is 5.82 Å². The van der Waals surface area contributed by atoms with Crippen molar-refractivity contribution in [2.45, 2.75) is 17.9 Å². The Morgan fingerprint density at radius 3 is 2.81 bits per heavy atom. The number of nitrogens with zero attached hydrogens (tertiary/aromatic N) is 3. The lowest BCUT2D eigenvalue weighted by Crippen LogP contribution is -2.37. The molecule has 2 fully saturated rings. The second-order valence-corrected chi connectivity index (χ2v) is 6.44. The minimum atomic E-state index is 0.0667. The number of carbonyl (C=O) groups excluding carboxylic acids is 1. The fourth-order valence-electron chi connectivity index (χ4n) is 2.14. The summed E-state index contributed by atoms with van der Waals surface area (Å²) in [4.78, 5) is 14.0. The first kappa shape index (κ1) is 14.7. The predicted octanol–water partition coefficient (Wildman–Crippen LogP) is 1.25. The number of rotatable bonds is 6. The Morgan fingerprint density at radius 2 is 2.14 bits per heavy atom. The van der Waals surface area contributed by atoms with Crippen LogP contribution in [0.2, 0.25) is 0 Å². The summed E-state index contributed by atoms with van der Waals surface area (Å²) in [6.07, 6.45) is 1.99. The van der Waals surface area contributed by atoms with Gasteiger partial charge in [-0.05, 0) is 25.0 Å². The van der Waals surface area contributed by atoms with Gasteiger partial charge in [0, 0.05) is 31.3 Å². The minimum absolute atomic E-state index is 0.0667. The van der Waals surface area contributed by atoms with Crippen LogP contribution < -0.4 is 5.32 Å². The minimum Gasteiger partial charge on any atom is -0.379 e. The molecule has 0 radical (unpaired) electrons. The van der Waals surface area contributed by atoms with E-state index in [1.54, 1.807) is 11.8 Å². The van der Waals surface area contributed by atoms with E-state index in [0.717, 1.165) is 56.5 Å². The third kappa shape index (κ3) is 4.66. The summed E-state index contributed by atoms with van der Waals surface area (Å²) in [6, 6.07) is 3.74. The molecule has 1 N–H and O–H groups in total. The number of amides is 1. The molecule has 2 aliphatic rings. The molecule has 1 aliphatic carbocycles. The Hall–Kier alpha value is -1.18. The summed E-state index contributed by atoms with van der Waals surface area (Å²) in [7, 11) is 0. The Kier molecular flexibility index (Phi) is 5.05. The van der Waals surface area contributed by atoms with E-state index in [-0.39, 0.29) is 11.8 Å². The molecule has 1 aliphatic heterocycles. The van der Waals surface area contributed by atoms with E-state index in [1.165, 1.54) is 0 Å². The predicted molar refractivity (Wildman–Crippen MR) is 81.4 cm³/mol. The number of thioether (sulfide) groups is 1. The number of ether oxygens (including phenoxy) is 1. The molecule has 2 heterocycles. The summed E-state index contributed by atoms with van der Waals surface area (Å²) in [6.45, 7) is 4.73. The second kappa shape index (κ2) is 7.20. The summed E-state index contributed by atoms with van der Waals surface area (Å²) in [5.74, 6) is 1.79. The summed E-state index contributed by atoms with van der Waals surface area (Å²) < 4.78 is 5.33. The number of carbonyl (C=O) groups is 1. The molecule has 0 atom stereocenters. The molecule has 1 saturated carbocycles. The molecule has 7 heteroatoms. The van der Waals surface area contributed by atoms with E-state index >= 15 is 0 Å². The van der Waals surface area contributed by atoms with E-state index < -0.39 is 0 Å². The molecule has 0 spiro atoms. The lowest BCUT2D eigenvalue weighted by molar-refractivity contribution is -0.117. The largest absolute Gasteiger partial charge is 0.379 e. The van der Waals surface area contributed by atoms with Crippen LogP contribution in [0.3, 0.4) is 0 Å². The van der Waals surface area contributed by atoms with Crippen molar-refractivity contribution in [2.24, 2.45) is 5.92 Å². The second-order valence-electron chi connectivity index (χ2n) is 5.32. The van der Waals surface area contributed by atoms with Crippen LogP contribution in [-0.4, -0.2) is 59.6 Å². The molecular formula is C14H20N4O2S. The SMILES string of the molecule is O=C(Nc1ccc(SCCN2CCOCC2)nn1)C1CC1. The first-order valence-corrected chi connectivity index (χ1v) is 8.37. The van der Waals surface area contributed by atoms with Crippen molar-refractivity contribution in [2.75, 3.05) is 43.9 Å². The molecule has 1 aromatic rings. The van der Waals surface area contributed by atoms with Gasteiger partial charge in [-0.2, -0.15) is 0 Å². The lowest BCUT2D eigenvalue weighted by atomic mass is 10.4. The number of morpholine rings is 1. The van der Waals surface area contributed by atoms with Crippen molar-refractivity contribution in [1.29, 1.82) is 0 Å². The molecule has 1 amide bonds. The van der Waals surface area contributed by atoms with Gasteiger partial charge in [0.25, 0.3) is 0 Å². The fraction of sp³-hybridized carbons (Fsp3) is 0.643. The summed E-state index contributed by atoms with van der Waals surface area (Å²) >= 11 is 1.69. The number of hydrogen-bond donors (Lipinski definition) is 1. The number of nitrogens with one attached hydrogen (secondary N) is 1. The highest BCUT2D eigenvalue weighted by molar-refractivity contribution is 7.99.